The maximum atomic E-state index is 17.8. The van der Waals surface area contributed by atoms with Crippen LogP contribution in [0.1, 0.15) is 110 Å². The van der Waals surface area contributed by atoms with Gasteiger partial charge in [-0.15, -0.1) is 0 Å². The van der Waals surface area contributed by atoms with E-state index < -0.39 is 99.8 Å². The normalized spacial score (nSPS) is 38.6. The van der Waals surface area contributed by atoms with Gasteiger partial charge < -0.3 is 40.4 Å². The molecule has 342 valence electrons. The van der Waals surface area contributed by atoms with Gasteiger partial charge in [-0.05, 0) is 115 Å². The second-order valence-electron chi connectivity index (χ2n) is 20.8. The predicted octanol–water partition coefficient (Wildman–Crippen LogP) is 4.08. The number of hydrogen-bond acceptors (Lipinski definition) is 11. The number of rotatable bonds is 14. The number of hydrogen-bond donors (Lipinski definition) is 5. The molecule has 8 aliphatic rings. The number of carbonyl (C=O) groups excluding carboxylic acids is 6. The number of esters is 1. The van der Waals surface area contributed by atoms with Crippen molar-refractivity contribution in [2.75, 3.05) is 18.5 Å². The van der Waals surface area contributed by atoms with E-state index in [9.17, 15) is 39.0 Å². The molecule has 3 amide bonds. The van der Waals surface area contributed by atoms with Crippen LogP contribution in [-0.4, -0.2) is 105 Å². The second-order valence-corrected chi connectivity index (χ2v) is 21.3. The molecule has 6 saturated carbocycles. The zero-order chi connectivity index (χ0) is 45.5. The molecule has 63 heavy (non-hydrogen) atoms. The molecule has 1 aromatic carbocycles. The Labute approximate surface area is 375 Å². The lowest BCUT2D eigenvalue weighted by atomic mass is 9.38. The first-order valence-electron chi connectivity index (χ1n) is 22.1. The summed E-state index contributed by atoms with van der Waals surface area (Å²) in [5.74, 6) is -3.63. The molecule has 0 radical (unpaired) electrons. The molecule has 7 fully saturated rings. The average Bonchev–Trinajstić information content (AvgIpc) is 3.70. The van der Waals surface area contributed by atoms with Crippen LogP contribution in [0.15, 0.2) is 48.1 Å². The van der Waals surface area contributed by atoms with Crippen LogP contribution in [0.4, 0.5) is 4.39 Å². The lowest BCUT2D eigenvalue weighted by Crippen LogP contribution is -2.76. The summed E-state index contributed by atoms with van der Waals surface area (Å²) in [5.41, 5.74) is -4.67. The van der Waals surface area contributed by atoms with E-state index in [4.69, 9.17) is 14.2 Å². The largest absolute Gasteiger partial charge is 0.460 e. The van der Waals surface area contributed by atoms with Gasteiger partial charge in [0.25, 0.3) is 0 Å². The van der Waals surface area contributed by atoms with Crippen LogP contribution in [0.3, 0.4) is 0 Å². The first-order chi connectivity index (χ1) is 29.5. The number of amides is 3. The maximum absolute atomic E-state index is 17.8. The van der Waals surface area contributed by atoms with E-state index in [-0.39, 0.29) is 48.2 Å². The van der Waals surface area contributed by atoms with Crippen molar-refractivity contribution in [1.82, 2.24) is 16.0 Å². The van der Waals surface area contributed by atoms with Crippen molar-refractivity contribution in [2.24, 2.45) is 28.1 Å². The molecule has 9 rings (SSSR count). The number of allylic oxidation sites excluding steroid dienone is 4. The maximum Gasteiger partial charge on any atom is 0.306 e. The van der Waals surface area contributed by atoms with Crippen LogP contribution in [0.5, 0.6) is 0 Å². The number of halogens is 2. The highest BCUT2D eigenvalue weighted by atomic mass is 79.9. The monoisotopic (exact) mass is 939 g/mol. The van der Waals surface area contributed by atoms with Gasteiger partial charge in [0.05, 0.1) is 24.1 Å². The van der Waals surface area contributed by atoms with E-state index >= 15 is 4.39 Å². The third kappa shape index (κ3) is 7.53. The van der Waals surface area contributed by atoms with Gasteiger partial charge in [-0.3, -0.25) is 28.8 Å². The molecule has 7 aliphatic carbocycles. The van der Waals surface area contributed by atoms with Crippen LogP contribution in [0.25, 0.3) is 0 Å². The Kier molecular flexibility index (Phi) is 11.6. The van der Waals surface area contributed by atoms with E-state index in [0.29, 0.717) is 30.4 Å². The SMILES string of the molecule is CC(C)(C)OC(=O)CC[C@H](NC(=O)CNC(=O)CBr)C(=O)NC12CC(Cc3ccc([C@@H]4O[C@@H]5C[C@H]6[C@@H]7CCC8=CC(=O)C=C[C@]8(C)[C@@]7(F)[C@@H](O)C[C@]6(C)[C@]5(C(=O)CO)O4)cc3)(C1)C2. The summed E-state index contributed by atoms with van der Waals surface area (Å²) in [6.45, 7) is 7.74. The van der Waals surface area contributed by atoms with Crippen LogP contribution in [0, 0.1) is 28.1 Å². The first-order valence-corrected chi connectivity index (χ1v) is 23.2. The van der Waals surface area contributed by atoms with Gasteiger partial charge in [0.15, 0.2) is 29.1 Å². The Morgan fingerprint density at radius 1 is 1.05 bits per heavy atom. The molecule has 14 nitrogen and oxygen atoms in total. The topological polar surface area (TPSA) is 207 Å². The number of ketones is 2. The Balaban J connectivity index is 0.902. The van der Waals surface area contributed by atoms with E-state index in [1.165, 1.54) is 12.2 Å². The average molecular weight is 941 g/mol. The van der Waals surface area contributed by atoms with Gasteiger partial charge in [0, 0.05) is 34.3 Å². The third-order valence-corrected chi connectivity index (χ3v) is 16.1. The number of aliphatic hydroxyl groups is 2. The van der Waals surface area contributed by atoms with Crippen molar-refractivity contribution in [3.63, 3.8) is 0 Å². The fourth-order valence-corrected chi connectivity index (χ4v) is 13.2. The van der Waals surface area contributed by atoms with Gasteiger partial charge in [0.1, 0.15) is 18.2 Å². The fourth-order valence-electron chi connectivity index (χ4n) is 13.0. The van der Waals surface area contributed by atoms with E-state index in [1.807, 2.05) is 31.2 Å². The molecule has 10 atom stereocenters. The molecule has 0 spiro atoms. The van der Waals surface area contributed by atoms with Crippen LogP contribution < -0.4 is 16.0 Å². The van der Waals surface area contributed by atoms with E-state index in [0.717, 1.165) is 31.2 Å². The summed E-state index contributed by atoms with van der Waals surface area (Å²) >= 11 is 3.03. The smallest absolute Gasteiger partial charge is 0.306 e. The number of benzene rings is 1. The van der Waals surface area contributed by atoms with E-state index in [2.05, 4.69) is 31.9 Å². The van der Waals surface area contributed by atoms with Gasteiger partial charge in [-0.1, -0.05) is 58.8 Å². The zero-order valence-electron chi connectivity index (χ0n) is 36.5. The minimum atomic E-state index is -2.08. The zero-order valence-corrected chi connectivity index (χ0v) is 38.1. The van der Waals surface area contributed by atoms with Crippen LogP contribution in [-0.2, 0) is 49.4 Å². The van der Waals surface area contributed by atoms with Crippen molar-refractivity contribution >= 4 is 51.2 Å². The third-order valence-electron chi connectivity index (χ3n) is 15.6. The van der Waals surface area contributed by atoms with Crippen LogP contribution >= 0.6 is 15.9 Å². The van der Waals surface area contributed by atoms with Crippen molar-refractivity contribution < 1.29 is 57.6 Å². The summed E-state index contributed by atoms with van der Waals surface area (Å²) in [7, 11) is 0. The fraction of sp³-hybridized carbons (Fsp3) is 0.660. The van der Waals surface area contributed by atoms with Crippen molar-refractivity contribution in [3.05, 3.63) is 59.2 Å². The molecule has 1 aromatic rings. The lowest BCUT2D eigenvalue weighted by Gasteiger charge is -2.71. The standard InChI is InChI=1S/C47H59BrFN3O11/c1-41(2,3)62-38(59)13-12-32(51-37(58)21-50-36(57)20-48)39(60)52-45-23-44(24-45,25-45)18-26-6-8-27(9-7-26)40-61-35-17-31-30-11-10-28-16-29(54)14-15-42(28,4)46(30,49)33(55)19-43(31,5)47(35,63-40)34(56)22-53/h6-9,14-16,30-33,35,40,53,55H,10-13,17-25H2,1-5H3,(H,50,57)(H,51,58)(H,52,60)/t30-,31-,32-,33-,35+,40+,42-,43-,44?,45?,46-,47+/m0/s1. The van der Waals surface area contributed by atoms with Gasteiger partial charge in [0.2, 0.25) is 17.7 Å². The van der Waals surface area contributed by atoms with E-state index in [1.54, 1.807) is 33.8 Å². The van der Waals surface area contributed by atoms with Crippen molar-refractivity contribution in [3.8, 4) is 0 Å². The molecule has 1 aliphatic heterocycles. The van der Waals surface area contributed by atoms with Crippen molar-refractivity contribution in [2.45, 2.75) is 146 Å². The number of nitrogens with one attached hydrogen (secondary N) is 3. The molecular weight excluding hydrogens is 881 g/mol. The Bertz CT molecular complexity index is 2140. The number of aliphatic hydroxyl groups excluding tert-OH is 2. The predicted molar refractivity (Wildman–Crippen MR) is 228 cm³/mol. The Hall–Kier alpha value is -3.83. The summed E-state index contributed by atoms with van der Waals surface area (Å²) in [4.78, 5) is 76.6. The number of alkyl halides is 2. The van der Waals surface area contributed by atoms with Gasteiger partial charge >= 0.3 is 5.97 Å². The highest BCUT2D eigenvalue weighted by molar-refractivity contribution is 9.09. The van der Waals surface area contributed by atoms with Gasteiger partial charge in [-0.25, -0.2) is 4.39 Å². The summed E-state index contributed by atoms with van der Waals surface area (Å²) in [6, 6.07) is 6.76. The number of ether oxygens (including phenoxy) is 3. The number of Topliss-reactive ketones (excluding diaryl/α,β-unsaturated/α-hetero) is 1. The molecule has 5 N–H and O–H groups in total. The van der Waals surface area contributed by atoms with Crippen LogP contribution in [0.2, 0.25) is 0 Å². The lowest BCUT2D eigenvalue weighted by molar-refractivity contribution is -0.231. The minimum absolute atomic E-state index is 0.0221. The summed E-state index contributed by atoms with van der Waals surface area (Å²) in [5, 5.41) is 30.5. The highest BCUT2D eigenvalue weighted by Gasteiger charge is 2.79. The molecule has 1 saturated heterocycles. The molecule has 16 heteroatoms. The van der Waals surface area contributed by atoms with Gasteiger partial charge in [-0.2, -0.15) is 0 Å². The number of fused-ring (bicyclic) bond motifs is 7. The minimum Gasteiger partial charge on any atom is -0.460 e. The Morgan fingerprint density at radius 2 is 1.75 bits per heavy atom. The number of carbonyl (C=O) groups is 6. The molecule has 0 unspecified atom stereocenters. The summed E-state index contributed by atoms with van der Waals surface area (Å²) in [6.07, 6.45) is 5.28. The molecular formula is C47H59BrFN3O11. The second kappa shape index (κ2) is 16.0. The quantitative estimate of drug-likeness (QED) is 0.133. The highest BCUT2D eigenvalue weighted by Crippen LogP contribution is 2.73. The summed E-state index contributed by atoms with van der Waals surface area (Å²) < 4.78 is 36.4. The molecule has 1 heterocycles. The first kappa shape index (κ1) is 45.7. The Morgan fingerprint density at radius 3 is 2.40 bits per heavy atom. The molecule has 0 aromatic heterocycles. The molecule has 2 bridgehead atoms. The van der Waals surface area contributed by atoms with Crippen molar-refractivity contribution in [1.29, 1.82) is 0 Å².